The largest absolute Gasteiger partial charge is 0.368 e. The number of rotatable bonds is 2. The van der Waals surface area contributed by atoms with E-state index < -0.39 is 0 Å². The van der Waals surface area contributed by atoms with Crippen LogP contribution in [0.3, 0.4) is 0 Å². The van der Waals surface area contributed by atoms with Gasteiger partial charge in [0.05, 0.1) is 11.6 Å². The van der Waals surface area contributed by atoms with Crippen molar-refractivity contribution in [2.24, 2.45) is 0 Å². The Bertz CT molecular complexity index is 567. The Morgan fingerprint density at radius 2 is 2.12 bits per heavy atom. The predicted molar refractivity (Wildman–Crippen MR) is 63.4 cm³/mol. The van der Waals surface area contributed by atoms with Gasteiger partial charge < -0.3 is 11.1 Å². The maximum Gasteiger partial charge on any atom is 0.232 e. The van der Waals surface area contributed by atoms with E-state index in [9.17, 15) is 0 Å². The van der Waals surface area contributed by atoms with E-state index in [2.05, 4.69) is 26.3 Å². The second-order valence-electron chi connectivity index (χ2n) is 3.38. The molecule has 17 heavy (non-hydrogen) atoms. The fraction of sp³-hybridized carbons (Fsp3) is 0.0909. The Morgan fingerprint density at radius 3 is 2.82 bits per heavy atom. The summed E-state index contributed by atoms with van der Waals surface area (Å²) in [7, 11) is 0. The van der Waals surface area contributed by atoms with Crippen LogP contribution in [0.5, 0.6) is 0 Å². The molecule has 0 radical (unpaired) electrons. The van der Waals surface area contributed by atoms with Crippen LogP contribution in [0.25, 0.3) is 0 Å². The number of nitrogens with zero attached hydrogens (tertiary/aromatic N) is 4. The lowest BCUT2D eigenvalue weighted by atomic mass is 10.2. The topological polar surface area (TPSA) is 101 Å². The van der Waals surface area contributed by atoms with Gasteiger partial charge in [-0.05, 0) is 25.1 Å². The van der Waals surface area contributed by atoms with Gasteiger partial charge in [-0.25, -0.2) is 0 Å². The van der Waals surface area contributed by atoms with Crippen molar-refractivity contribution in [1.29, 1.82) is 5.26 Å². The van der Waals surface area contributed by atoms with Crippen LogP contribution in [-0.2, 0) is 0 Å². The van der Waals surface area contributed by atoms with Gasteiger partial charge in [0.15, 0.2) is 0 Å². The Kier molecular flexibility index (Phi) is 2.83. The molecule has 0 atom stereocenters. The SMILES string of the molecule is Cc1nc(N)nc(Nc2cccc(C#N)c2)n1. The quantitative estimate of drug-likeness (QED) is 0.802. The first-order valence-corrected chi connectivity index (χ1v) is 4.93. The van der Waals surface area contributed by atoms with Crippen LogP contribution in [0.2, 0.25) is 0 Å². The lowest BCUT2D eigenvalue weighted by molar-refractivity contribution is 0.995. The summed E-state index contributed by atoms with van der Waals surface area (Å²) in [5, 5.41) is 11.7. The van der Waals surface area contributed by atoms with Crippen molar-refractivity contribution >= 4 is 17.6 Å². The highest BCUT2D eigenvalue weighted by molar-refractivity contribution is 5.56. The van der Waals surface area contributed by atoms with Gasteiger partial charge >= 0.3 is 0 Å². The van der Waals surface area contributed by atoms with E-state index >= 15 is 0 Å². The molecular weight excluding hydrogens is 216 g/mol. The molecule has 0 aliphatic rings. The van der Waals surface area contributed by atoms with Crippen molar-refractivity contribution in [2.75, 3.05) is 11.1 Å². The van der Waals surface area contributed by atoms with Gasteiger partial charge in [0, 0.05) is 5.69 Å². The standard InChI is InChI=1S/C11H10N6/c1-7-14-10(13)17-11(15-7)16-9-4-2-3-8(5-9)6-12/h2-5H,1H3,(H3,13,14,15,16,17). The molecule has 6 nitrogen and oxygen atoms in total. The Balaban J connectivity index is 2.28. The molecule has 1 heterocycles. The number of aromatic nitrogens is 3. The number of hydrogen-bond acceptors (Lipinski definition) is 6. The summed E-state index contributed by atoms with van der Waals surface area (Å²) in [5.74, 6) is 1.07. The summed E-state index contributed by atoms with van der Waals surface area (Å²) in [6.45, 7) is 1.73. The highest BCUT2D eigenvalue weighted by atomic mass is 15.2. The third-order valence-corrected chi connectivity index (χ3v) is 2.01. The molecule has 6 heteroatoms. The number of aryl methyl sites for hydroxylation is 1. The maximum absolute atomic E-state index is 8.78. The minimum absolute atomic E-state index is 0.163. The molecule has 0 bridgehead atoms. The molecule has 0 fully saturated rings. The van der Waals surface area contributed by atoms with Gasteiger partial charge in [0.2, 0.25) is 11.9 Å². The second-order valence-corrected chi connectivity index (χ2v) is 3.38. The second kappa shape index (κ2) is 4.45. The molecule has 84 valence electrons. The molecule has 0 aliphatic carbocycles. The van der Waals surface area contributed by atoms with E-state index in [0.717, 1.165) is 5.69 Å². The normalized spacial score (nSPS) is 9.65. The summed E-state index contributed by atoms with van der Waals surface area (Å²) in [6.07, 6.45) is 0. The summed E-state index contributed by atoms with van der Waals surface area (Å²) < 4.78 is 0. The zero-order valence-corrected chi connectivity index (χ0v) is 9.18. The number of benzene rings is 1. The van der Waals surface area contributed by atoms with Gasteiger partial charge in [0.1, 0.15) is 5.82 Å². The number of nitriles is 1. The summed E-state index contributed by atoms with van der Waals surface area (Å²) in [6, 6.07) is 9.07. The van der Waals surface area contributed by atoms with Crippen LogP contribution in [0.1, 0.15) is 11.4 Å². The Labute approximate surface area is 98.2 Å². The summed E-state index contributed by atoms with van der Waals surface area (Å²) >= 11 is 0. The number of nitrogen functional groups attached to an aromatic ring is 1. The zero-order valence-electron chi connectivity index (χ0n) is 9.18. The molecule has 2 aromatic rings. The summed E-state index contributed by atoms with van der Waals surface area (Å²) in [4.78, 5) is 11.9. The minimum Gasteiger partial charge on any atom is -0.368 e. The number of nitrogens with two attached hydrogens (primary N) is 1. The van der Waals surface area contributed by atoms with E-state index in [1.165, 1.54) is 0 Å². The Hall–Kier alpha value is -2.68. The van der Waals surface area contributed by atoms with Crippen molar-refractivity contribution in [1.82, 2.24) is 15.0 Å². The number of nitrogens with one attached hydrogen (secondary N) is 1. The average Bonchev–Trinajstić information content (AvgIpc) is 2.28. The molecule has 0 saturated heterocycles. The average molecular weight is 226 g/mol. The Morgan fingerprint density at radius 1 is 1.29 bits per heavy atom. The van der Waals surface area contributed by atoms with E-state index in [0.29, 0.717) is 17.3 Å². The van der Waals surface area contributed by atoms with Crippen LogP contribution >= 0.6 is 0 Å². The van der Waals surface area contributed by atoms with Crippen molar-refractivity contribution < 1.29 is 0 Å². The third kappa shape index (κ3) is 2.66. The first-order chi connectivity index (χ1) is 8.17. The first-order valence-electron chi connectivity index (χ1n) is 4.93. The number of hydrogen-bond donors (Lipinski definition) is 2. The smallest absolute Gasteiger partial charge is 0.232 e. The fourth-order valence-electron chi connectivity index (χ4n) is 1.35. The zero-order chi connectivity index (χ0) is 12.3. The van der Waals surface area contributed by atoms with Crippen molar-refractivity contribution in [3.63, 3.8) is 0 Å². The highest BCUT2D eigenvalue weighted by Crippen LogP contribution is 2.14. The molecule has 0 amide bonds. The van der Waals surface area contributed by atoms with Gasteiger partial charge in [-0.2, -0.15) is 20.2 Å². The van der Waals surface area contributed by atoms with Crippen LogP contribution in [0, 0.1) is 18.3 Å². The van der Waals surface area contributed by atoms with Gasteiger partial charge in [-0.15, -0.1) is 0 Å². The first kappa shape index (κ1) is 10.8. The van der Waals surface area contributed by atoms with Gasteiger partial charge in [-0.3, -0.25) is 0 Å². The molecule has 0 unspecified atom stereocenters. The van der Waals surface area contributed by atoms with Crippen LogP contribution in [0.15, 0.2) is 24.3 Å². The molecule has 0 spiro atoms. The molecule has 1 aromatic heterocycles. The molecular formula is C11H10N6. The lowest BCUT2D eigenvalue weighted by Crippen LogP contribution is -2.04. The highest BCUT2D eigenvalue weighted by Gasteiger charge is 2.02. The molecule has 3 N–H and O–H groups in total. The van der Waals surface area contributed by atoms with Crippen LogP contribution in [0.4, 0.5) is 17.6 Å². The van der Waals surface area contributed by atoms with Gasteiger partial charge in [-0.1, -0.05) is 6.07 Å². The van der Waals surface area contributed by atoms with Gasteiger partial charge in [0.25, 0.3) is 0 Å². The summed E-state index contributed by atoms with van der Waals surface area (Å²) in [5.41, 5.74) is 6.81. The maximum atomic E-state index is 8.78. The third-order valence-electron chi connectivity index (χ3n) is 2.01. The fourth-order valence-corrected chi connectivity index (χ4v) is 1.35. The predicted octanol–water partition coefficient (Wildman–Crippen LogP) is 1.38. The molecule has 1 aromatic carbocycles. The molecule has 0 saturated carbocycles. The van der Waals surface area contributed by atoms with Crippen LogP contribution < -0.4 is 11.1 Å². The van der Waals surface area contributed by atoms with Crippen molar-refractivity contribution in [3.8, 4) is 6.07 Å². The van der Waals surface area contributed by atoms with E-state index in [1.807, 2.05) is 6.07 Å². The van der Waals surface area contributed by atoms with Crippen LogP contribution in [-0.4, -0.2) is 15.0 Å². The lowest BCUT2D eigenvalue weighted by Gasteiger charge is -2.05. The number of anilines is 3. The van der Waals surface area contributed by atoms with E-state index in [1.54, 1.807) is 25.1 Å². The molecule has 0 aliphatic heterocycles. The van der Waals surface area contributed by atoms with E-state index in [4.69, 9.17) is 11.0 Å². The van der Waals surface area contributed by atoms with Crippen molar-refractivity contribution in [3.05, 3.63) is 35.7 Å². The monoisotopic (exact) mass is 226 g/mol. The van der Waals surface area contributed by atoms with Crippen molar-refractivity contribution in [2.45, 2.75) is 6.92 Å². The molecule has 2 rings (SSSR count). The minimum atomic E-state index is 0.163. The van der Waals surface area contributed by atoms with E-state index in [-0.39, 0.29) is 5.95 Å².